The van der Waals surface area contributed by atoms with Crippen LogP contribution in [0.1, 0.15) is 57.1 Å². The van der Waals surface area contributed by atoms with E-state index in [0.29, 0.717) is 6.07 Å². The number of rotatable bonds is 18. The molecule has 56 heavy (non-hydrogen) atoms. The summed E-state index contributed by atoms with van der Waals surface area (Å²) in [6.45, 7) is -2.06. The number of hydrogen-bond acceptors (Lipinski definition) is 9. The molecule has 2 rings (SSSR count). The molecule has 1 aliphatic heterocycles. The zero-order valence-electron chi connectivity index (χ0n) is 27.3. The van der Waals surface area contributed by atoms with Gasteiger partial charge in [-0.15, -0.1) is 0 Å². The molecule has 0 bridgehead atoms. The summed E-state index contributed by atoms with van der Waals surface area (Å²) in [4.78, 5) is 50.3. The van der Waals surface area contributed by atoms with Gasteiger partial charge in [-0.25, -0.2) is 4.79 Å². The fraction of sp³-hybridized carbons (Fsp3) is 0.667. The van der Waals surface area contributed by atoms with Crippen molar-refractivity contribution in [3.8, 4) is 11.5 Å². The van der Waals surface area contributed by atoms with E-state index in [4.69, 9.17) is 14.2 Å². The first-order chi connectivity index (χ1) is 25.1. The molecule has 2 amide bonds. The molecule has 1 saturated heterocycles. The number of amides is 2. The summed E-state index contributed by atoms with van der Waals surface area (Å²) in [6.07, 6.45) is -27.1. The van der Waals surface area contributed by atoms with Gasteiger partial charge in [-0.05, 0) is 25.8 Å². The number of halogens is 18. The highest BCUT2D eigenvalue weighted by atomic mass is 19.4. The van der Waals surface area contributed by atoms with E-state index in [1.165, 1.54) is 0 Å². The SMILES string of the molecule is CC(OC(=O)ON1C(=O)CCC1=O)c1cc(OCCCC(F)(F)C(F)(F)C(F)(F)C(F)(F)F)c(OCCCC(F)(F)C(F)(F)C(F)(F)C(F)(F)F)cc1[N+](=O)[O-]. The summed E-state index contributed by atoms with van der Waals surface area (Å²) in [5.74, 6) is -45.2. The average molecular weight is 860 g/mol. The molecule has 1 atom stereocenters. The van der Waals surface area contributed by atoms with Crippen molar-refractivity contribution in [2.75, 3.05) is 13.2 Å². The summed E-state index contributed by atoms with van der Waals surface area (Å²) in [7, 11) is 0. The molecule has 1 aliphatic rings. The van der Waals surface area contributed by atoms with Crippen LogP contribution in [0, 0.1) is 10.1 Å². The monoisotopic (exact) mass is 860 g/mol. The Labute approximate surface area is 298 Å². The van der Waals surface area contributed by atoms with E-state index in [1.54, 1.807) is 0 Å². The third-order valence-electron chi connectivity index (χ3n) is 7.38. The Morgan fingerprint density at radius 2 is 1.07 bits per heavy atom. The van der Waals surface area contributed by atoms with Gasteiger partial charge in [-0.3, -0.25) is 24.5 Å². The summed E-state index contributed by atoms with van der Waals surface area (Å²) in [5.41, 5.74) is -2.08. The molecule has 0 aromatic heterocycles. The van der Waals surface area contributed by atoms with E-state index in [2.05, 4.69) is 4.84 Å². The minimum Gasteiger partial charge on any atom is -0.490 e. The predicted octanol–water partition coefficient (Wildman–Crippen LogP) is 9.13. The standard InChI is InChI=1S/C27H22F18N2O9/c1-12(55-19(50)56-46-17(48)4-5-18(46)49)13-10-15(53-8-2-6-20(28,29)22(32,33)24(36,37)26(40,41)42)16(11-14(13)47(51)52)54-9-3-7-21(30,31)23(34,35)25(38,39)27(43,44)45/h10-12H,2-9H2,1H3. The Bertz CT molecular complexity index is 1620. The second-order valence-corrected chi connectivity index (χ2v) is 11.4. The molecule has 0 spiro atoms. The zero-order valence-corrected chi connectivity index (χ0v) is 27.3. The molecule has 1 heterocycles. The Kier molecular flexibility index (Phi) is 13.6. The fourth-order valence-electron chi connectivity index (χ4n) is 4.32. The van der Waals surface area contributed by atoms with Crippen LogP contribution >= 0.6 is 0 Å². The van der Waals surface area contributed by atoms with Gasteiger partial charge in [-0.2, -0.15) is 79.0 Å². The van der Waals surface area contributed by atoms with Crippen LogP contribution in [0.5, 0.6) is 11.5 Å². The number of nitro benzene ring substituents is 1. The van der Waals surface area contributed by atoms with Gasteiger partial charge in [-0.1, -0.05) is 5.06 Å². The third kappa shape index (κ3) is 9.48. The van der Waals surface area contributed by atoms with Gasteiger partial charge in [0.25, 0.3) is 17.5 Å². The normalized spacial score (nSPS) is 15.9. The van der Waals surface area contributed by atoms with Crippen LogP contribution in [-0.4, -0.2) is 89.1 Å². The topological polar surface area (TPSA) is 135 Å². The lowest BCUT2D eigenvalue weighted by Gasteiger charge is -2.33. The molecular formula is C27H22F18N2O9. The summed E-state index contributed by atoms with van der Waals surface area (Å²) in [6, 6.07) is 0.606. The molecule has 11 nitrogen and oxygen atoms in total. The molecule has 0 saturated carbocycles. The minimum absolute atomic E-state index is 0.0531. The Balaban J connectivity index is 2.41. The first-order valence-corrected chi connectivity index (χ1v) is 14.8. The molecule has 320 valence electrons. The molecule has 29 heteroatoms. The number of ether oxygens (including phenoxy) is 3. The first kappa shape index (κ1) is 47.5. The molecule has 0 aliphatic carbocycles. The van der Waals surface area contributed by atoms with Gasteiger partial charge in [0.15, 0.2) is 11.5 Å². The van der Waals surface area contributed by atoms with Gasteiger partial charge in [0.1, 0.15) is 6.10 Å². The van der Waals surface area contributed by atoms with Crippen LogP contribution in [0.25, 0.3) is 0 Å². The third-order valence-corrected chi connectivity index (χ3v) is 7.38. The smallest absolute Gasteiger partial charge is 0.490 e. The maximum atomic E-state index is 14.0. The van der Waals surface area contributed by atoms with Crippen molar-refractivity contribution in [2.45, 2.75) is 99.4 Å². The summed E-state index contributed by atoms with van der Waals surface area (Å²) >= 11 is 0. The molecule has 0 radical (unpaired) electrons. The number of hydrogen-bond donors (Lipinski definition) is 0. The lowest BCUT2D eigenvalue weighted by atomic mass is 10.00. The van der Waals surface area contributed by atoms with Crippen molar-refractivity contribution in [1.29, 1.82) is 0 Å². The van der Waals surface area contributed by atoms with Crippen LogP contribution in [0.4, 0.5) is 89.5 Å². The van der Waals surface area contributed by atoms with E-state index >= 15 is 0 Å². The quantitative estimate of drug-likeness (QED) is 0.0354. The summed E-state index contributed by atoms with van der Waals surface area (Å²) < 4.78 is 252. The summed E-state index contributed by atoms with van der Waals surface area (Å²) in [5, 5.41) is 11.7. The van der Waals surface area contributed by atoms with Crippen LogP contribution < -0.4 is 9.47 Å². The molecule has 1 fully saturated rings. The number of imide groups is 1. The van der Waals surface area contributed by atoms with Gasteiger partial charge >= 0.3 is 54.0 Å². The second-order valence-electron chi connectivity index (χ2n) is 11.4. The van der Waals surface area contributed by atoms with Crippen LogP contribution in [0.15, 0.2) is 12.1 Å². The number of nitrogens with zero attached hydrogens (tertiary/aromatic N) is 2. The second kappa shape index (κ2) is 16.1. The largest absolute Gasteiger partial charge is 0.534 e. The van der Waals surface area contributed by atoms with E-state index in [0.717, 1.165) is 6.92 Å². The Morgan fingerprint density at radius 3 is 1.43 bits per heavy atom. The number of benzene rings is 1. The lowest BCUT2D eigenvalue weighted by Crippen LogP contribution is -2.60. The first-order valence-electron chi connectivity index (χ1n) is 14.8. The van der Waals surface area contributed by atoms with E-state index in [9.17, 15) is 104 Å². The molecular weight excluding hydrogens is 838 g/mol. The van der Waals surface area contributed by atoms with Crippen molar-refractivity contribution in [2.24, 2.45) is 0 Å². The molecule has 1 aromatic rings. The van der Waals surface area contributed by atoms with Gasteiger partial charge in [0.2, 0.25) is 0 Å². The lowest BCUT2D eigenvalue weighted by molar-refractivity contribution is -0.396. The Morgan fingerprint density at radius 1 is 0.696 bits per heavy atom. The maximum Gasteiger partial charge on any atom is 0.534 e. The van der Waals surface area contributed by atoms with E-state index in [-0.39, 0.29) is 11.1 Å². The fourth-order valence-corrected chi connectivity index (χ4v) is 4.32. The van der Waals surface area contributed by atoms with Crippen molar-refractivity contribution in [3.05, 3.63) is 27.8 Å². The van der Waals surface area contributed by atoms with Crippen LogP contribution in [0.3, 0.4) is 0 Å². The van der Waals surface area contributed by atoms with Gasteiger partial charge < -0.3 is 14.2 Å². The van der Waals surface area contributed by atoms with Crippen LogP contribution in [-0.2, 0) is 19.2 Å². The highest BCUT2D eigenvalue weighted by Crippen LogP contribution is 2.55. The molecule has 1 unspecified atom stereocenters. The van der Waals surface area contributed by atoms with Crippen molar-refractivity contribution >= 4 is 23.7 Å². The van der Waals surface area contributed by atoms with E-state index in [1.807, 2.05) is 0 Å². The van der Waals surface area contributed by atoms with Gasteiger partial charge in [0.05, 0.1) is 29.8 Å². The minimum atomic E-state index is -7.27. The van der Waals surface area contributed by atoms with Crippen molar-refractivity contribution in [3.63, 3.8) is 0 Å². The Hall–Kier alpha value is -4.63. The number of alkyl halides is 18. The molecule has 0 N–H and O–H groups in total. The van der Waals surface area contributed by atoms with E-state index < -0.39 is 151 Å². The van der Waals surface area contributed by atoms with Crippen molar-refractivity contribution < 1.29 is 117 Å². The highest BCUT2D eigenvalue weighted by Gasteiger charge is 2.82. The number of hydroxylamine groups is 2. The predicted molar refractivity (Wildman–Crippen MR) is 141 cm³/mol. The average Bonchev–Trinajstić information content (AvgIpc) is 3.35. The highest BCUT2D eigenvalue weighted by molar-refractivity contribution is 6.01. The zero-order chi connectivity index (χ0) is 43.7. The van der Waals surface area contributed by atoms with Crippen molar-refractivity contribution in [1.82, 2.24) is 5.06 Å². The van der Waals surface area contributed by atoms with Crippen LogP contribution in [0.2, 0.25) is 0 Å². The number of carbonyl (C=O) groups excluding carboxylic acids is 3. The van der Waals surface area contributed by atoms with Gasteiger partial charge in [0, 0.05) is 25.7 Å². The number of nitro groups is 1. The maximum absolute atomic E-state index is 14.0. The molecule has 1 aromatic carbocycles. The number of carbonyl (C=O) groups is 3.